The van der Waals surface area contributed by atoms with Gasteiger partial charge in [0.05, 0.1) is 26.5 Å². The number of benzene rings is 1. The molecule has 2 rings (SSSR count). The van der Waals surface area contributed by atoms with Crippen LogP contribution in [0.15, 0.2) is 36.5 Å². The van der Waals surface area contributed by atoms with Gasteiger partial charge in [-0.1, -0.05) is 30.3 Å². The van der Waals surface area contributed by atoms with Crippen LogP contribution in [0, 0.1) is 0 Å². The Morgan fingerprint density at radius 2 is 1.86 bits per heavy atom. The predicted octanol–water partition coefficient (Wildman–Crippen LogP) is 2.39. The van der Waals surface area contributed by atoms with Crippen molar-refractivity contribution in [1.29, 1.82) is 0 Å². The Bertz CT molecular complexity index is 798. The molecule has 28 heavy (non-hydrogen) atoms. The first-order valence-electron chi connectivity index (χ1n) is 9.26. The summed E-state index contributed by atoms with van der Waals surface area (Å²) < 4.78 is 4.62. The molecule has 2 aromatic rings. The van der Waals surface area contributed by atoms with Gasteiger partial charge in [-0.15, -0.1) is 0 Å². The standard InChI is InChI=1S/C21H26N2O5/c1-28-21(27)10-6-5-9-16-13-22-18(17(16)12-20(25)26)14-23-19(24)11-15-7-3-2-4-8-15/h2-4,7-8,13,22H,5-6,9-12,14H2,1H3,(H,23,24)(H,25,26). The molecule has 1 amide bonds. The number of nitrogens with one attached hydrogen (secondary N) is 2. The summed E-state index contributed by atoms with van der Waals surface area (Å²) in [5.41, 5.74) is 3.22. The number of aromatic amines is 1. The van der Waals surface area contributed by atoms with Crippen molar-refractivity contribution in [3.8, 4) is 0 Å². The zero-order valence-electron chi connectivity index (χ0n) is 16.0. The first-order valence-corrected chi connectivity index (χ1v) is 9.26. The number of amides is 1. The highest BCUT2D eigenvalue weighted by molar-refractivity contribution is 5.78. The molecule has 150 valence electrons. The fraction of sp³-hybridized carbons (Fsp3) is 0.381. The molecule has 0 unspecified atom stereocenters. The minimum atomic E-state index is -0.924. The average Bonchev–Trinajstić information content (AvgIpc) is 3.05. The third-order valence-electron chi connectivity index (χ3n) is 4.48. The second kappa shape index (κ2) is 10.9. The van der Waals surface area contributed by atoms with E-state index in [1.165, 1.54) is 7.11 Å². The summed E-state index contributed by atoms with van der Waals surface area (Å²) in [7, 11) is 1.36. The second-order valence-electron chi connectivity index (χ2n) is 6.56. The van der Waals surface area contributed by atoms with Gasteiger partial charge in [-0.25, -0.2) is 0 Å². The fourth-order valence-corrected chi connectivity index (χ4v) is 3.01. The minimum absolute atomic E-state index is 0.111. The van der Waals surface area contributed by atoms with Gasteiger partial charge in [0, 0.05) is 18.3 Å². The summed E-state index contributed by atoms with van der Waals surface area (Å²) >= 11 is 0. The molecule has 7 nitrogen and oxygen atoms in total. The van der Waals surface area contributed by atoms with Gasteiger partial charge in [-0.05, 0) is 36.0 Å². The van der Waals surface area contributed by atoms with E-state index in [0.29, 0.717) is 30.5 Å². The van der Waals surface area contributed by atoms with Crippen LogP contribution in [0.25, 0.3) is 0 Å². The lowest BCUT2D eigenvalue weighted by Gasteiger charge is -2.08. The maximum atomic E-state index is 12.1. The Kier molecular flexibility index (Phi) is 8.27. The SMILES string of the molecule is COC(=O)CCCCc1c[nH]c(CNC(=O)Cc2ccccc2)c1CC(=O)O. The quantitative estimate of drug-likeness (QED) is 0.406. The number of hydrogen-bond acceptors (Lipinski definition) is 4. The fourth-order valence-electron chi connectivity index (χ4n) is 3.01. The maximum Gasteiger partial charge on any atom is 0.307 e. The van der Waals surface area contributed by atoms with Crippen LogP contribution in [0.5, 0.6) is 0 Å². The van der Waals surface area contributed by atoms with Crippen molar-refractivity contribution in [2.45, 2.75) is 45.1 Å². The van der Waals surface area contributed by atoms with Crippen LogP contribution < -0.4 is 5.32 Å². The highest BCUT2D eigenvalue weighted by Gasteiger charge is 2.15. The number of aromatic nitrogens is 1. The molecule has 0 saturated heterocycles. The Balaban J connectivity index is 1.93. The maximum absolute atomic E-state index is 12.1. The zero-order valence-corrected chi connectivity index (χ0v) is 16.0. The van der Waals surface area contributed by atoms with E-state index in [4.69, 9.17) is 0 Å². The van der Waals surface area contributed by atoms with Crippen molar-refractivity contribution >= 4 is 17.8 Å². The molecule has 1 heterocycles. The van der Waals surface area contributed by atoms with Crippen molar-refractivity contribution < 1.29 is 24.2 Å². The van der Waals surface area contributed by atoms with Crippen molar-refractivity contribution in [2.75, 3.05) is 7.11 Å². The number of aryl methyl sites for hydroxylation is 1. The molecule has 0 bridgehead atoms. The highest BCUT2D eigenvalue weighted by atomic mass is 16.5. The van der Waals surface area contributed by atoms with Crippen LogP contribution in [0.4, 0.5) is 0 Å². The molecule has 0 atom stereocenters. The average molecular weight is 386 g/mol. The van der Waals surface area contributed by atoms with E-state index in [2.05, 4.69) is 15.0 Å². The molecule has 0 aliphatic heterocycles. The largest absolute Gasteiger partial charge is 0.481 e. The molecule has 1 aromatic heterocycles. The molecule has 7 heteroatoms. The van der Waals surface area contributed by atoms with Gasteiger partial charge < -0.3 is 20.1 Å². The summed E-state index contributed by atoms with van der Waals surface area (Å²) in [5, 5.41) is 12.1. The normalized spacial score (nSPS) is 10.5. The lowest BCUT2D eigenvalue weighted by atomic mass is 10.0. The number of ether oxygens (including phenoxy) is 1. The lowest BCUT2D eigenvalue weighted by molar-refractivity contribution is -0.140. The summed E-state index contributed by atoms with van der Waals surface area (Å²) in [5.74, 6) is -1.30. The molecule has 0 spiro atoms. The Morgan fingerprint density at radius 3 is 2.54 bits per heavy atom. The summed E-state index contributed by atoms with van der Waals surface area (Å²) in [6.07, 6.45) is 4.38. The Morgan fingerprint density at radius 1 is 1.11 bits per heavy atom. The predicted molar refractivity (Wildman–Crippen MR) is 104 cm³/mol. The molecule has 1 aromatic carbocycles. The topological polar surface area (TPSA) is 108 Å². The molecule has 0 fully saturated rings. The van der Waals surface area contributed by atoms with Crippen LogP contribution in [-0.2, 0) is 44.9 Å². The van der Waals surface area contributed by atoms with E-state index >= 15 is 0 Å². The molecule has 0 aliphatic carbocycles. The van der Waals surface area contributed by atoms with Crippen molar-refractivity contribution in [1.82, 2.24) is 10.3 Å². The zero-order chi connectivity index (χ0) is 20.4. The van der Waals surface area contributed by atoms with E-state index in [-0.39, 0.29) is 31.3 Å². The van der Waals surface area contributed by atoms with Crippen LogP contribution in [0.2, 0.25) is 0 Å². The number of hydrogen-bond donors (Lipinski definition) is 3. The summed E-state index contributed by atoms with van der Waals surface area (Å²) in [6, 6.07) is 9.42. The molecule has 0 aliphatic rings. The van der Waals surface area contributed by atoms with Gasteiger partial charge in [0.25, 0.3) is 0 Å². The number of methoxy groups -OCH3 is 1. The number of carbonyl (C=O) groups is 3. The smallest absolute Gasteiger partial charge is 0.307 e. The number of aliphatic carboxylic acids is 1. The molecular weight excluding hydrogens is 360 g/mol. The van der Waals surface area contributed by atoms with E-state index < -0.39 is 5.97 Å². The molecule has 0 radical (unpaired) electrons. The van der Waals surface area contributed by atoms with Gasteiger partial charge in [0.2, 0.25) is 5.91 Å². The number of carboxylic acids is 1. The number of unbranched alkanes of at least 4 members (excludes halogenated alkanes) is 1. The first kappa shape index (κ1) is 21.2. The van der Waals surface area contributed by atoms with E-state index in [9.17, 15) is 19.5 Å². The van der Waals surface area contributed by atoms with Gasteiger partial charge in [-0.3, -0.25) is 14.4 Å². The third kappa shape index (κ3) is 6.90. The summed E-state index contributed by atoms with van der Waals surface area (Å²) in [4.78, 5) is 37.7. The summed E-state index contributed by atoms with van der Waals surface area (Å²) in [6.45, 7) is 0.246. The van der Waals surface area contributed by atoms with Crippen LogP contribution >= 0.6 is 0 Å². The molecule has 3 N–H and O–H groups in total. The molecular formula is C21H26N2O5. The van der Waals surface area contributed by atoms with Crippen molar-refractivity contribution in [3.63, 3.8) is 0 Å². The first-order chi connectivity index (χ1) is 13.5. The lowest BCUT2D eigenvalue weighted by Crippen LogP contribution is -2.25. The number of rotatable bonds is 11. The van der Waals surface area contributed by atoms with Gasteiger partial charge >= 0.3 is 11.9 Å². The third-order valence-corrected chi connectivity index (χ3v) is 4.48. The highest BCUT2D eigenvalue weighted by Crippen LogP contribution is 2.18. The Labute approximate surface area is 164 Å². The van der Waals surface area contributed by atoms with Crippen LogP contribution in [-0.4, -0.2) is 35.0 Å². The number of esters is 1. The van der Waals surface area contributed by atoms with Crippen molar-refractivity contribution in [2.24, 2.45) is 0 Å². The molecule has 0 saturated carbocycles. The monoisotopic (exact) mass is 386 g/mol. The van der Waals surface area contributed by atoms with Gasteiger partial charge in [0.15, 0.2) is 0 Å². The number of carboxylic acid groups (broad SMARTS) is 1. The van der Waals surface area contributed by atoms with E-state index in [1.807, 2.05) is 30.3 Å². The second-order valence-corrected chi connectivity index (χ2v) is 6.56. The van der Waals surface area contributed by atoms with Crippen LogP contribution in [0.3, 0.4) is 0 Å². The van der Waals surface area contributed by atoms with E-state index in [1.54, 1.807) is 6.20 Å². The minimum Gasteiger partial charge on any atom is -0.481 e. The Hall–Kier alpha value is -3.09. The van der Waals surface area contributed by atoms with E-state index in [0.717, 1.165) is 17.5 Å². The number of carbonyl (C=O) groups excluding carboxylic acids is 2. The van der Waals surface area contributed by atoms with Crippen LogP contribution in [0.1, 0.15) is 41.6 Å². The van der Waals surface area contributed by atoms with Gasteiger partial charge in [0.1, 0.15) is 0 Å². The number of H-pyrrole nitrogens is 1. The van der Waals surface area contributed by atoms with Crippen molar-refractivity contribution in [3.05, 3.63) is 58.9 Å². The van der Waals surface area contributed by atoms with Gasteiger partial charge in [-0.2, -0.15) is 0 Å².